The Balaban J connectivity index is 5.44. The van der Waals surface area contributed by atoms with Gasteiger partial charge in [-0.1, -0.05) is 26.7 Å². The first-order chi connectivity index (χ1) is 16.5. The third-order valence-corrected chi connectivity index (χ3v) is 6.25. The number of rotatable bonds is 19. The molecule has 202 valence electrons. The molecule has 0 aliphatic heterocycles. The van der Waals surface area contributed by atoms with Crippen molar-refractivity contribution in [3.63, 3.8) is 0 Å². The summed E-state index contributed by atoms with van der Waals surface area (Å²) in [4.78, 5) is 60.8. The van der Waals surface area contributed by atoms with Gasteiger partial charge in [0.1, 0.15) is 18.1 Å². The SMILES string of the molecule is CCC(C)C(NC(=O)C(CCSC)NC(=O)C(N)CCCCN)C(=O)NC(CCC(=O)O)C(=O)O. The largest absolute Gasteiger partial charge is 0.481 e. The fraction of sp³-hybridized carbons (Fsp3) is 0.773. The molecule has 5 atom stereocenters. The molecule has 5 unspecified atom stereocenters. The van der Waals surface area contributed by atoms with Gasteiger partial charge in [-0.15, -0.1) is 0 Å². The molecule has 0 heterocycles. The van der Waals surface area contributed by atoms with Gasteiger partial charge in [-0.3, -0.25) is 19.2 Å². The lowest BCUT2D eigenvalue weighted by Crippen LogP contribution is -2.58. The van der Waals surface area contributed by atoms with Crippen LogP contribution < -0.4 is 27.4 Å². The first-order valence-electron chi connectivity index (χ1n) is 11.8. The molecule has 0 saturated heterocycles. The van der Waals surface area contributed by atoms with Crippen molar-refractivity contribution >= 4 is 41.4 Å². The smallest absolute Gasteiger partial charge is 0.326 e. The van der Waals surface area contributed by atoms with Crippen LogP contribution in [0.25, 0.3) is 0 Å². The fourth-order valence-electron chi connectivity index (χ4n) is 3.17. The van der Waals surface area contributed by atoms with Gasteiger partial charge in [-0.2, -0.15) is 11.8 Å². The Morgan fingerprint density at radius 1 is 0.886 bits per heavy atom. The van der Waals surface area contributed by atoms with Crippen molar-refractivity contribution in [2.75, 3.05) is 18.6 Å². The molecule has 0 aliphatic carbocycles. The van der Waals surface area contributed by atoms with Gasteiger partial charge >= 0.3 is 11.9 Å². The molecular formula is C22H41N5O7S. The van der Waals surface area contributed by atoms with E-state index in [2.05, 4.69) is 16.0 Å². The number of carboxylic acids is 2. The van der Waals surface area contributed by atoms with E-state index in [0.29, 0.717) is 38.0 Å². The highest BCUT2D eigenvalue weighted by atomic mass is 32.2. The van der Waals surface area contributed by atoms with Gasteiger partial charge in [-0.05, 0) is 50.2 Å². The average Bonchev–Trinajstić information content (AvgIpc) is 2.81. The third-order valence-electron chi connectivity index (χ3n) is 5.60. The molecule has 9 N–H and O–H groups in total. The lowest BCUT2D eigenvalue weighted by molar-refractivity contribution is -0.143. The molecule has 0 aliphatic rings. The lowest BCUT2D eigenvalue weighted by atomic mass is 9.97. The lowest BCUT2D eigenvalue weighted by Gasteiger charge is -2.28. The van der Waals surface area contributed by atoms with E-state index in [4.69, 9.17) is 16.6 Å². The molecule has 0 aromatic carbocycles. The molecule has 0 aromatic rings. The minimum atomic E-state index is -1.42. The van der Waals surface area contributed by atoms with Crippen molar-refractivity contribution in [3.8, 4) is 0 Å². The number of carbonyl (C=O) groups is 5. The van der Waals surface area contributed by atoms with E-state index < -0.39 is 60.2 Å². The number of carbonyl (C=O) groups excluding carboxylic acids is 3. The number of aliphatic carboxylic acids is 2. The number of nitrogens with one attached hydrogen (secondary N) is 3. The van der Waals surface area contributed by atoms with E-state index >= 15 is 0 Å². The van der Waals surface area contributed by atoms with Crippen molar-refractivity contribution in [1.82, 2.24) is 16.0 Å². The van der Waals surface area contributed by atoms with Crippen LogP contribution in [0.1, 0.15) is 58.8 Å². The minimum Gasteiger partial charge on any atom is -0.481 e. The van der Waals surface area contributed by atoms with E-state index in [1.54, 1.807) is 6.92 Å². The van der Waals surface area contributed by atoms with Crippen LogP contribution in [0.3, 0.4) is 0 Å². The molecule has 0 spiro atoms. The number of nitrogens with two attached hydrogens (primary N) is 2. The van der Waals surface area contributed by atoms with Crippen molar-refractivity contribution in [2.45, 2.75) is 83.0 Å². The molecule has 0 aromatic heterocycles. The second-order valence-corrected chi connectivity index (χ2v) is 9.42. The zero-order valence-electron chi connectivity index (χ0n) is 20.7. The number of unbranched alkanes of at least 4 members (excludes halogenated alkanes) is 1. The summed E-state index contributed by atoms with van der Waals surface area (Å²) < 4.78 is 0. The quantitative estimate of drug-likeness (QED) is 0.110. The number of thioether (sulfide) groups is 1. The number of hydrogen-bond donors (Lipinski definition) is 7. The number of amides is 3. The summed E-state index contributed by atoms with van der Waals surface area (Å²) in [6, 6.07) is -4.23. The molecule has 0 rings (SSSR count). The molecule has 13 heteroatoms. The van der Waals surface area contributed by atoms with Crippen LogP contribution in [0.4, 0.5) is 0 Å². The monoisotopic (exact) mass is 519 g/mol. The van der Waals surface area contributed by atoms with Crippen molar-refractivity contribution in [2.24, 2.45) is 17.4 Å². The Hall–Kier alpha value is -2.38. The maximum Gasteiger partial charge on any atom is 0.326 e. The number of carboxylic acid groups (broad SMARTS) is 2. The van der Waals surface area contributed by atoms with Crippen molar-refractivity contribution in [1.29, 1.82) is 0 Å². The van der Waals surface area contributed by atoms with Gasteiger partial charge in [0.2, 0.25) is 17.7 Å². The second kappa shape index (κ2) is 18.0. The maximum atomic E-state index is 13.1. The first-order valence-corrected chi connectivity index (χ1v) is 13.2. The molecule has 0 fully saturated rings. The standard InChI is InChI=1S/C22H41N5O7S/c1-4-13(2)18(21(32)26-16(22(33)34)8-9-17(28)29)27-20(31)15(10-12-35-3)25-19(30)14(24)7-5-6-11-23/h13-16,18H,4-12,23-24H2,1-3H3,(H,25,30)(H,26,32)(H,27,31)(H,28,29)(H,33,34). The molecule has 0 bridgehead atoms. The molecule has 0 radical (unpaired) electrons. The van der Waals surface area contributed by atoms with Gasteiger partial charge in [0.15, 0.2) is 0 Å². The van der Waals surface area contributed by atoms with E-state index in [1.807, 2.05) is 13.2 Å². The molecule has 35 heavy (non-hydrogen) atoms. The maximum absolute atomic E-state index is 13.1. The van der Waals surface area contributed by atoms with Crippen LogP contribution in [0.5, 0.6) is 0 Å². The summed E-state index contributed by atoms with van der Waals surface area (Å²) in [6.07, 6.45) is 3.75. The zero-order chi connectivity index (χ0) is 27.0. The zero-order valence-corrected chi connectivity index (χ0v) is 21.6. The summed E-state index contributed by atoms with van der Waals surface area (Å²) in [7, 11) is 0. The summed E-state index contributed by atoms with van der Waals surface area (Å²) in [5, 5.41) is 25.8. The second-order valence-electron chi connectivity index (χ2n) is 8.44. The van der Waals surface area contributed by atoms with Gasteiger partial charge in [0.05, 0.1) is 6.04 Å². The normalized spacial score (nSPS) is 15.2. The van der Waals surface area contributed by atoms with Crippen LogP contribution in [0, 0.1) is 5.92 Å². The summed E-state index contributed by atoms with van der Waals surface area (Å²) in [5.74, 6) is -4.15. The minimum absolute atomic E-state index is 0.300. The predicted octanol–water partition coefficient (Wildman–Crippen LogP) is -0.354. The summed E-state index contributed by atoms with van der Waals surface area (Å²) in [6.45, 7) is 4.02. The molecule has 12 nitrogen and oxygen atoms in total. The highest BCUT2D eigenvalue weighted by Gasteiger charge is 2.32. The third kappa shape index (κ3) is 13.3. The highest BCUT2D eigenvalue weighted by Crippen LogP contribution is 2.11. The van der Waals surface area contributed by atoms with E-state index in [0.717, 1.165) is 6.42 Å². The predicted molar refractivity (Wildman–Crippen MR) is 134 cm³/mol. The van der Waals surface area contributed by atoms with Crippen LogP contribution in [-0.4, -0.2) is 82.6 Å². The van der Waals surface area contributed by atoms with Gasteiger partial charge in [-0.25, -0.2) is 4.79 Å². The van der Waals surface area contributed by atoms with Crippen LogP contribution >= 0.6 is 11.8 Å². The van der Waals surface area contributed by atoms with Crippen molar-refractivity contribution < 1.29 is 34.2 Å². The summed E-state index contributed by atoms with van der Waals surface area (Å²) in [5.41, 5.74) is 11.4. The Bertz CT molecular complexity index is 710. The Kier molecular flexibility index (Phi) is 16.7. The first kappa shape index (κ1) is 32.6. The number of hydrogen-bond acceptors (Lipinski definition) is 8. The molecular weight excluding hydrogens is 478 g/mol. The van der Waals surface area contributed by atoms with Crippen LogP contribution in [0.15, 0.2) is 0 Å². The molecule has 0 saturated carbocycles. The van der Waals surface area contributed by atoms with Gasteiger partial charge in [0, 0.05) is 6.42 Å². The molecule has 3 amide bonds. The highest BCUT2D eigenvalue weighted by molar-refractivity contribution is 7.98. The fourth-order valence-corrected chi connectivity index (χ4v) is 3.64. The van der Waals surface area contributed by atoms with E-state index in [1.165, 1.54) is 11.8 Å². The van der Waals surface area contributed by atoms with Crippen molar-refractivity contribution in [3.05, 3.63) is 0 Å². The topological polar surface area (TPSA) is 214 Å². The van der Waals surface area contributed by atoms with Gasteiger partial charge < -0.3 is 37.6 Å². The summed E-state index contributed by atoms with van der Waals surface area (Å²) >= 11 is 1.49. The van der Waals surface area contributed by atoms with E-state index in [-0.39, 0.29) is 12.3 Å². The Morgan fingerprint density at radius 3 is 2.03 bits per heavy atom. The Morgan fingerprint density at radius 2 is 1.51 bits per heavy atom. The Labute approximate surface area is 210 Å². The van der Waals surface area contributed by atoms with E-state index in [9.17, 15) is 29.1 Å². The average molecular weight is 520 g/mol. The van der Waals surface area contributed by atoms with Crippen LogP contribution in [0.2, 0.25) is 0 Å². The van der Waals surface area contributed by atoms with Crippen LogP contribution in [-0.2, 0) is 24.0 Å². The van der Waals surface area contributed by atoms with Gasteiger partial charge in [0.25, 0.3) is 0 Å².